The summed E-state index contributed by atoms with van der Waals surface area (Å²) in [6.07, 6.45) is 0. The molecule has 1 aromatic rings. The van der Waals surface area contributed by atoms with Crippen LogP contribution in [0.5, 0.6) is 5.75 Å². The molecule has 2 rings (SSSR count). The number of para-hydroxylation sites is 1. The second-order valence-electron chi connectivity index (χ2n) is 6.00. The van der Waals surface area contributed by atoms with Crippen LogP contribution in [0.4, 0.5) is 0 Å². The minimum absolute atomic E-state index is 0.132. The van der Waals surface area contributed by atoms with Crippen LogP contribution in [0.1, 0.15) is 31.7 Å². The van der Waals surface area contributed by atoms with E-state index >= 15 is 0 Å². The molecule has 0 saturated carbocycles. The number of amides is 2. The molecule has 1 aliphatic rings. The molecule has 0 aliphatic carbocycles. The van der Waals surface area contributed by atoms with Gasteiger partial charge in [-0.25, -0.2) is 0 Å². The van der Waals surface area contributed by atoms with Gasteiger partial charge in [-0.3, -0.25) is 9.59 Å². The normalized spacial score (nSPS) is 20.1. The van der Waals surface area contributed by atoms with E-state index in [1.54, 1.807) is 23.1 Å². The van der Waals surface area contributed by atoms with E-state index in [1.807, 2.05) is 6.07 Å². The van der Waals surface area contributed by atoms with Gasteiger partial charge in [0.05, 0.1) is 0 Å². The number of carbonyl (C=O) groups excluding carboxylic acids is 2. The summed E-state index contributed by atoms with van der Waals surface area (Å²) in [6, 6.07) is 6.46. The summed E-state index contributed by atoms with van der Waals surface area (Å²) < 4.78 is 0. The first-order valence-electron chi connectivity index (χ1n) is 8.68. The molecule has 6 nitrogen and oxygen atoms in total. The van der Waals surface area contributed by atoms with Crippen LogP contribution in [0, 0.1) is 0 Å². The molecule has 0 bridgehead atoms. The number of likely N-dealkylation sites (N-methyl/N-ethyl adjacent to an activating group) is 1. The lowest BCUT2D eigenvalue weighted by molar-refractivity contribution is -0.138. The zero-order valence-corrected chi connectivity index (χ0v) is 15.9. The molecule has 0 aromatic heterocycles. The van der Waals surface area contributed by atoms with Crippen LogP contribution < -0.4 is 5.32 Å². The van der Waals surface area contributed by atoms with E-state index < -0.39 is 6.04 Å². The average molecular weight is 365 g/mol. The van der Waals surface area contributed by atoms with Crippen LogP contribution in [-0.2, 0) is 9.59 Å². The first kappa shape index (κ1) is 19.6. The molecule has 1 heterocycles. The van der Waals surface area contributed by atoms with E-state index in [4.69, 9.17) is 0 Å². The monoisotopic (exact) mass is 365 g/mol. The van der Waals surface area contributed by atoms with Gasteiger partial charge in [0, 0.05) is 31.3 Å². The molecule has 2 atom stereocenters. The molecule has 2 N–H and O–H groups in total. The number of aromatic hydroxyl groups is 1. The second-order valence-corrected chi connectivity index (χ2v) is 7.12. The Labute approximate surface area is 153 Å². The van der Waals surface area contributed by atoms with Gasteiger partial charge in [0.15, 0.2) is 0 Å². The molecule has 7 heteroatoms. The third-order valence-corrected chi connectivity index (χ3v) is 5.80. The second kappa shape index (κ2) is 9.10. The Morgan fingerprint density at radius 1 is 1.32 bits per heavy atom. The minimum atomic E-state index is -0.510. The smallest absolute Gasteiger partial charge is 0.243 e. The molecule has 0 spiro atoms. The fourth-order valence-electron chi connectivity index (χ4n) is 3.02. The Morgan fingerprint density at radius 2 is 2.00 bits per heavy atom. The summed E-state index contributed by atoms with van der Waals surface area (Å²) in [5, 5.41) is 12.7. The van der Waals surface area contributed by atoms with E-state index in [1.165, 1.54) is 18.7 Å². The number of rotatable bonds is 7. The molecule has 25 heavy (non-hydrogen) atoms. The van der Waals surface area contributed by atoms with Crippen molar-refractivity contribution in [1.82, 2.24) is 15.1 Å². The lowest BCUT2D eigenvalue weighted by Crippen LogP contribution is -2.48. The topological polar surface area (TPSA) is 72.9 Å². The molecule has 138 valence electrons. The lowest BCUT2D eigenvalue weighted by atomic mass is 10.1. The molecule has 1 aromatic carbocycles. The van der Waals surface area contributed by atoms with Gasteiger partial charge in [-0.15, -0.1) is 11.8 Å². The highest BCUT2D eigenvalue weighted by Crippen LogP contribution is 2.44. The summed E-state index contributed by atoms with van der Waals surface area (Å²) >= 11 is 1.51. The third kappa shape index (κ3) is 4.67. The van der Waals surface area contributed by atoms with Crippen molar-refractivity contribution in [2.75, 3.05) is 31.9 Å². The Hall–Kier alpha value is -1.73. The zero-order valence-electron chi connectivity index (χ0n) is 15.1. The maximum absolute atomic E-state index is 12.6. The molecule has 2 amide bonds. The van der Waals surface area contributed by atoms with Crippen molar-refractivity contribution in [3.8, 4) is 5.75 Å². The molecule has 1 aliphatic heterocycles. The highest BCUT2D eigenvalue weighted by atomic mass is 32.2. The highest BCUT2D eigenvalue weighted by molar-refractivity contribution is 7.99. The van der Waals surface area contributed by atoms with Gasteiger partial charge in [-0.1, -0.05) is 32.0 Å². The van der Waals surface area contributed by atoms with Crippen molar-refractivity contribution in [3.63, 3.8) is 0 Å². The van der Waals surface area contributed by atoms with Crippen molar-refractivity contribution in [1.29, 1.82) is 0 Å². The van der Waals surface area contributed by atoms with Crippen molar-refractivity contribution in [2.24, 2.45) is 0 Å². The van der Waals surface area contributed by atoms with Crippen molar-refractivity contribution >= 4 is 23.6 Å². The van der Waals surface area contributed by atoms with Gasteiger partial charge >= 0.3 is 0 Å². The minimum Gasteiger partial charge on any atom is -0.508 e. The largest absolute Gasteiger partial charge is 0.508 e. The number of benzene rings is 1. The number of nitrogens with one attached hydrogen (secondary N) is 1. The molecule has 0 radical (unpaired) electrons. The van der Waals surface area contributed by atoms with E-state index in [2.05, 4.69) is 24.1 Å². The molecule has 1 fully saturated rings. The van der Waals surface area contributed by atoms with Crippen molar-refractivity contribution < 1.29 is 14.7 Å². The van der Waals surface area contributed by atoms with Gasteiger partial charge in [0.2, 0.25) is 11.8 Å². The predicted octanol–water partition coefficient (Wildman–Crippen LogP) is 1.81. The highest BCUT2D eigenvalue weighted by Gasteiger charge is 2.41. The van der Waals surface area contributed by atoms with Crippen LogP contribution in [0.15, 0.2) is 24.3 Å². The Bertz CT molecular complexity index is 607. The fourth-order valence-corrected chi connectivity index (χ4v) is 4.54. The number of hydrogen-bond acceptors (Lipinski definition) is 5. The SMILES string of the molecule is CCN(CC)CCNC(=O)C1CSC(c2ccccc2O)N1C(C)=O. The van der Waals surface area contributed by atoms with Crippen LogP contribution >= 0.6 is 11.8 Å². The summed E-state index contributed by atoms with van der Waals surface area (Å²) in [5.41, 5.74) is 0.668. The Balaban J connectivity index is 2.05. The fraction of sp³-hybridized carbons (Fsp3) is 0.556. The standard InChI is InChI=1S/C18H27N3O3S/c1-4-20(5-2)11-10-19-17(24)15-12-25-18(21(15)13(3)22)14-8-6-7-9-16(14)23/h6-9,15,18,23H,4-5,10-12H2,1-3H3,(H,19,24). The summed E-state index contributed by atoms with van der Waals surface area (Å²) in [4.78, 5) is 28.6. The lowest BCUT2D eigenvalue weighted by Gasteiger charge is -2.28. The van der Waals surface area contributed by atoms with Crippen molar-refractivity contribution in [2.45, 2.75) is 32.2 Å². The van der Waals surface area contributed by atoms with Crippen LogP contribution in [0.2, 0.25) is 0 Å². The maximum Gasteiger partial charge on any atom is 0.243 e. The van der Waals surface area contributed by atoms with Crippen LogP contribution in [0.25, 0.3) is 0 Å². The average Bonchev–Trinajstić information content (AvgIpc) is 3.04. The Morgan fingerprint density at radius 3 is 2.60 bits per heavy atom. The maximum atomic E-state index is 12.6. The molecule has 1 saturated heterocycles. The van der Waals surface area contributed by atoms with Crippen molar-refractivity contribution in [3.05, 3.63) is 29.8 Å². The van der Waals surface area contributed by atoms with E-state index in [0.29, 0.717) is 17.9 Å². The molecule has 2 unspecified atom stereocenters. The number of hydrogen-bond donors (Lipinski definition) is 2. The predicted molar refractivity (Wildman–Crippen MR) is 100 cm³/mol. The van der Waals surface area contributed by atoms with Gasteiger partial charge in [0.1, 0.15) is 17.2 Å². The number of carbonyl (C=O) groups is 2. The number of phenolic OH excluding ortho intramolecular Hbond substituents is 1. The first-order chi connectivity index (χ1) is 12.0. The van der Waals surface area contributed by atoms with Gasteiger partial charge in [-0.05, 0) is 19.2 Å². The first-order valence-corrected chi connectivity index (χ1v) is 9.72. The summed E-state index contributed by atoms with van der Waals surface area (Å²) in [5.74, 6) is 0.374. The summed E-state index contributed by atoms with van der Waals surface area (Å²) in [6.45, 7) is 8.90. The molecular weight excluding hydrogens is 338 g/mol. The number of phenols is 1. The third-order valence-electron chi connectivity index (χ3n) is 4.49. The Kier molecular flexibility index (Phi) is 7.13. The van der Waals surface area contributed by atoms with Gasteiger partial charge in [0.25, 0.3) is 0 Å². The van der Waals surface area contributed by atoms with Gasteiger partial charge in [-0.2, -0.15) is 0 Å². The molecular formula is C18H27N3O3S. The van der Waals surface area contributed by atoms with E-state index in [-0.39, 0.29) is 22.9 Å². The van der Waals surface area contributed by atoms with Crippen LogP contribution in [-0.4, -0.2) is 64.7 Å². The van der Waals surface area contributed by atoms with Gasteiger partial charge < -0.3 is 20.2 Å². The zero-order chi connectivity index (χ0) is 18.4. The van der Waals surface area contributed by atoms with Crippen LogP contribution in [0.3, 0.4) is 0 Å². The quantitative estimate of drug-likeness (QED) is 0.771. The summed E-state index contributed by atoms with van der Waals surface area (Å²) in [7, 11) is 0. The number of thioether (sulfide) groups is 1. The number of nitrogens with zero attached hydrogens (tertiary/aromatic N) is 2. The van der Waals surface area contributed by atoms with E-state index in [0.717, 1.165) is 19.6 Å². The van der Waals surface area contributed by atoms with E-state index in [9.17, 15) is 14.7 Å².